The number of nitrogens with two attached hydrogens (primary N) is 1. The van der Waals surface area contributed by atoms with Gasteiger partial charge in [-0.2, -0.15) is 13.2 Å². The molecule has 35 heavy (non-hydrogen) atoms. The fourth-order valence-electron chi connectivity index (χ4n) is 4.43. The number of benzene rings is 2. The van der Waals surface area contributed by atoms with Crippen LogP contribution in [0.3, 0.4) is 0 Å². The highest BCUT2D eigenvalue weighted by molar-refractivity contribution is 5.99. The Kier molecular flexibility index (Phi) is 5.39. The molecule has 1 aliphatic heterocycles. The van der Waals surface area contributed by atoms with Crippen LogP contribution >= 0.6 is 0 Å². The van der Waals surface area contributed by atoms with Crippen molar-refractivity contribution >= 4 is 22.6 Å². The van der Waals surface area contributed by atoms with Gasteiger partial charge in [0.1, 0.15) is 24.0 Å². The van der Waals surface area contributed by atoms with Crippen molar-refractivity contribution in [2.45, 2.75) is 38.6 Å². The molecule has 1 aliphatic carbocycles. The molecular formula is C25H23F4N3O3. The number of halogens is 4. The van der Waals surface area contributed by atoms with Crippen LogP contribution in [0, 0.1) is 11.2 Å². The third-order valence-electron chi connectivity index (χ3n) is 6.81. The maximum Gasteiger partial charge on any atom is 0.416 e. The molecule has 3 aromatic rings. The number of anilines is 1. The third kappa shape index (κ3) is 4.27. The van der Waals surface area contributed by atoms with Crippen LogP contribution < -0.4 is 10.5 Å². The first-order valence-electron chi connectivity index (χ1n) is 11.1. The summed E-state index contributed by atoms with van der Waals surface area (Å²) in [5.74, 6) is -1.25. The first-order chi connectivity index (χ1) is 16.5. The van der Waals surface area contributed by atoms with E-state index in [0.717, 1.165) is 31.0 Å². The number of pyridine rings is 1. The molecule has 10 heteroatoms. The molecule has 0 radical (unpaired) electrons. The number of alkyl halides is 3. The summed E-state index contributed by atoms with van der Waals surface area (Å²) >= 11 is 0. The van der Waals surface area contributed by atoms with Gasteiger partial charge in [-0.05, 0) is 42.5 Å². The highest BCUT2D eigenvalue weighted by atomic mass is 19.4. The van der Waals surface area contributed by atoms with E-state index in [2.05, 4.69) is 4.98 Å². The number of aromatic nitrogens is 1. The standard InChI is InChI=1S/C25H23F4N3O3/c1-24(4-5-24)12-32(20-11-35-21-8-15(25(27,28)29)2-3-16(20)21)23(34)17-7-13-6-14(10-33)22(30)31-19(13)9-18(17)26/h2-3,6-9,20,33H,4-5,10-12H2,1H3,(H2,30,31). The topological polar surface area (TPSA) is 88.7 Å². The number of hydrogen-bond donors (Lipinski definition) is 2. The lowest BCUT2D eigenvalue weighted by Crippen LogP contribution is -2.39. The second-order valence-electron chi connectivity index (χ2n) is 9.54. The van der Waals surface area contributed by atoms with Crippen LogP contribution in [0.25, 0.3) is 10.9 Å². The molecule has 1 fully saturated rings. The summed E-state index contributed by atoms with van der Waals surface area (Å²) in [6.45, 7) is 1.92. The van der Waals surface area contributed by atoms with E-state index in [9.17, 15) is 23.1 Å². The molecule has 0 saturated heterocycles. The van der Waals surface area contributed by atoms with E-state index in [1.165, 1.54) is 17.0 Å². The molecule has 1 amide bonds. The Morgan fingerprint density at radius 1 is 1.26 bits per heavy atom. The Morgan fingerprint density at radius 3 is 2.66 bits per heavy atom. The van der Waals surface area contributed by atoms with Crippen LogP contribution in [-0.2, 0) is 12.8 Å². The average Bonchev–Trinajstić information content (AvgIpc) is 3.38. The molecule has 1 aromatic heterocycles. The Morgan fingerprint density at radius 2 is 2.00 bits per heavy atom. The minimum Gasteiger partial charge on any atom is -0.491 e. The molecule has 3 N–H and O–H groups in total. The monoisotopic (exact) mass is 489 g/mol. The van der Waals surface area contributed by atoms with Crippen molar-refractivity contribution in [3.63, 3.8) is 0 Å². The fourth-order valence-corrected chi connectivity index (χ4v) is 4.43. The number of aliphatic hydroxyl groups excluding tert-OH is 1. The maximum absolute atomic E-state index is 15.1. The molecule has 1 atom stereocenters. The van der Waals surface area contributed by atoms with E-state index in [4.69, 9.17) is 10.5 Å². The lowest BCUT2D eigenvalue weighted by molar-refractivity contribution is -0.137. The molecular weight excluding hydrogens is 466 g/mol. The van der Waals surface area contributed by atoms with Crippen molar-refractivity contribution in [1.29, 1.82) is 0 Å². The smallest absolute Gasteiger partial charge is 0.416 e. The molecule has 0 bridgehead atoms. The summed E-state index contributed by atoms with van der Waals surface area (Å²) in [6.07, 6.45) is -2.76. The number of hydrogen-bond acceptors (Lipinski definition) is 5. The molecule has 0 spiro atoms. The molecule has 2 heterocycles. The lowest BCUT2D eigenvalue weighted by atomic mass is 10.00. The molecule has 1 saturated carbocycles. The number of rotatable bonds is 5. The molecule has 2 aromatic carbocycles. The average molecular weight is 489 g/mol. The lowest BCUT2D eigenvalue weighted by Gasteiger charge is -2.31. The minimum atomic E-state index is -4.52. The first kappa shape index (κ1) is 23.3. The Hall–Kier alpha value is -3.40. The van der Waals surface area contributed by atoms with Crippen molar-refractivity contribution in [3.8, 4) is 5.75 Å². The summed E-state index contributed by atoms with van der Waals surface area (Å²) in [6, 6.07) is 6.58. The molecule has 6 nitrogen and oxygen atoms in total. The zero-order chi connectivity index (χ0) is 25.1. The van der Waals surface area contributed by atoms with Gasteiger partial charge in [0, 0.05) is 29.1 Å². The number of ether oxygens (including phenoxy) is 1. The maximum atomic E-state index is 15.1. The number of aliphatic hydroxyl groups is 1. The first-order valence-corrected chi connectivity index (χ1v) is 11.1. The Labute approximate surface area is 198 Å². The quantitative estimate of drug-likeness (QED) is 0.501. The summed E-state index contributed by atoms with van der Waals surface area (Å²) in [7, 11) is 0. The second kappa shape index (κ2) is 8.08. The van der Waals surface area contributed by atoms with Gasteiger partial charge in [0.25, 0.3) is 5.91 Å². The molecule has 2 aliphatic rings. The molecule has 184 valence electrons. The van der Waals surface area contributed by atoms with Crippen molar-refractivity contribution in [2.24, 2.45) is 5.41 Å². The number of nitrogen functional groups attached to an aromatic ring is 1. The summed E-state index contributed by atoms with van der Waals surface area (Å²) in [4.78, 5) is 19.3. The van der Waals surface area contributed by atoms with Gasteiger partial charge < -0.3 is 20.5 Å². The largest absolute Gasteiger partial charge is 0.491 e. The third-order valence-corrected chi connectivity index (χ3v) is 6.81. The minimum absolute atomic E-state index is 0.0274. The van der Waals surface area contributed by atoms with E-state index in [1.807, 2.05) is 6.92 Å². The van der Waals surface area contributed by atoms with Crippen molar-refractivity contribution in [1.82, 2.24) is 9.88 Å². The van der Waals surface area contributed by atoms with Gasteiger partial charge in [-0.3, -0.25) is 4.79 Å². The predicted octanol–water partition coefficient (Wildman–Crippen LogP) is 4.84. The number of carbonyl (C=O) groups excluding carboxylic acids is 1. The van der Waals surface area contributed by atoms with Gasteiger partial charge in [0.05, 0.1) is 29.3 Å². The van der Waals surface area contributed by atoms with Crippen LogP contribution in [0.4, 0.5) is 23.4 Å². The fraction of sp³-hybridized carbons (Fsp3) is 0.360. The number of amides is 1. The Balaban J connectivity index is 1.55. The summed E-state index contributed by atoms with van der Waals surface area (Å²) < 4.78 is 60.1. The van der Waals surface area contributed by atoms with Crippen LogP contribution in [0.1, 0.15) is 52.9 Å². The van der Waals surface area contributed by atoms with E-state index < -0.39 is 29.5 Å². The van der Waals surface area contributed by atoms with Crippen LogP contribution in [0.15, 0.2) is 36.4 Å². The van der Waals surface area contributed by atoms with Crippen LogP contribution in [0.5, 0.6) is 5.75 Å². The highest BCUT2D eigenvalue weighted by Crippen LogP contribution is 2.48. The van der Waals surface area contributed by atoms with E-state index >= 15 is 4.39 Å². The predicted molar refractivity (Wildman–Crippen MR) is 120 cm³/mol. The van der Waals surface area contributed by atoms with Crippen molar-refractivity contribution in [2.75, 3.05) is 18.9 Å². The van der Waals surface area contributed by atoms with Gasteiger partial charge in [-0.25, -0.2) is 9.37 Å². The van der Waals surface area contributed by atoms with Gasteiger partial charge in [0.15, 0.2) is 0 Å². The second-order valence-corrected chi connectivity index (χ2v) is 9.54. The van der Waals surface area contributed by atoms with E-state index in [0.29, 0.717) is 23.1 Å². The number of fused-ring (bicyclic) bond motifs is 2. The van der Waals surface area contributed by atoms with E-state index in [-0.39, 0.29) is 41.3 Å². The molecule has 5 rings (SSSR count). The van der Waals surface area contributed by atoms with Gasteiger partial charge in [0.2, 0.25) is 0 Å². The van der Waals surface area contributed by atoms with Crippen molar-refractivity contribution in [3.05, 3.63) is 64.5 Å². The van der Waals surface area contributed by atoms with Crippen LogP contribution in [-0.4, -0.2) is 34.0 Å². The van der Waals surface area contributed by atoms with Crippen molar-refractivity contribution < 1.29 is 32.2 Å². The number of nitrogens with zero attached hydrogens (tertiary/aromatic N) is 2. The summed E-state index contributed by atoms with van der Waals surface area (Å²) in [5, 5.41) is 9.92. The SMILES string of the molecule is CC1(CN(C(=O)c2cc3cc(CO)c(N)nc3cc2F)C2COc3cc(C(F)(F)F)ccc32)CC1. The zero-order valence-electron chi connectivity index (χ0n) is 18.8. The summed E-state index contributed by atoms with van der Waals surface area (Å²) in [5.41, 5.74) is 5.64. The highest BCUT2D eigenvalue weighted by Gasteiger charge is 2.44. The van der Waals surface area contributed by atoms with Gasteiger partial charge in [-0.1, -0.05) is 13.0 Å². The van der Waals surface area contributed by atoms with Gasteiger partial charge in [-0.15, -0.1) is 0 Å². The van der Waals surface area contributed by atoms with E-state index in [1.54, 1.807) is 6.07 Å². The number of carbonyl (C=O) groups is 1. The van der Waals surface area contributed by atoms with Crippen LogP contribution in [0.2, 0.25) is 0 Å². The normalized spacial score (nSPS) is 18.3. The van der Waals surface area contributed by atoms with Gasteiger partial charge >= 0.3 is 6.18 Å². The zero-order valence-corrected chi connectivity index (χ0v) is 18.8. The Bertz CT molecular complexity index is 1340. The molecule has 1 unspecified atom stereocenters.